The van der Waals surface area contributed by atoms with Crippen molar-refractivity contribution in [3.63, 3.8) is 0 Å². The minimum atomic E-state index is -1.71. The lowest BCUT2D eigenvalue weighted by Gasteiger charge is -2.32. The van der Waals surface area contributed by atoms with Crippen LogP contribution >= 0.6 is 34.8 Å². The smallest absolute Gasteiger partial charge is 0.339 e. The predicted molar refractivity (Wildman–Crippen MR) is 95.5 cm³/mol. The van der Waals surface area contributed by atoms with E-state index in [-0.39, 0.29) is 0 Å². The fourth-order valence-electron chi connectivity index (χ4n) is 2.03. The van der Waals surface area contributed by atoms with Gasteiger partial charge in [-0.15, -0.1) is 0 Å². The summed E-state index contributed by atoms with van der Waals surface area (Å²) in [5.41, 5.74) is 1.20. The van der Waals surface area contributed by atoms with Gasteiger partial charge in [0.1, 0.15) is 0 Å². The lowest BCUT2D eigenvalue weighted by Crippen LogP contribution is -2.41. The first kappa shape index (κ1) is 18.1. The van der Waals surface area contributed by atoms with E-state index in [0.717, 1.165) is 11.1 Å². The molecule has 2 aromatic carbocycles. The number of carbonyl (C=O) groups excluding carboxylic acids is 1. The Morgan fingerprint density at radius 2 is 1.52 bits per heavy atom. The molecule has 0 aromatic heterocycles. The summed E-state index contributed by atoms with van der Waals surface area (Å²) in [4.78, 5) is 12.5. The summed E-state index contributed by atoms with van der Waals surface area (Å²) >= 11 is 17.6. The van der Waals surface area contributed by atoms with Crippen molar-refractivity contribution in [2.45, 2.75) is 29.7 Å². The summed E-state index contributed by atoms with van der Waals surface area (Å²) in [6.07, 6.45) is 0.625. The number of esters is 1. The van der Waals surface area contributed by atoms with Gasteiger partial charge in [0.05, 0.1) is 5.56 Å². The zero-order chi connectivity index (χ0) is 17.1. The van der Waals surface area contributed by atoms with Crippen molar-refractivity contribution < 1.29 is 9.53 Å². The van der Waals surface area contributed by atoms with E-state index in [0.29, 0.717) is 12.0 Å². The van der Waals surface area contributed by atoms with Gasteiger partial charge in [-0.1, -0.05) is 83.3 Å². The number of hydrogen-bond donors (Lipinski definition) is 0. The molecule has 0 aliphatic carbocycles. The van der Waals surface area contributed by atoms with E-state index in [4.69, 9.17) is 39.5 Å². The molecule has 0 fully saturated rings. The van der Waals surface area contributed by atoms with Gasteiger partial charge in [0, 0.05) is 0 Å². The van der Waals surface area contributed by atoms with Gasteiger partial charge in [-0.25, -0.2) is 4.79 Å². The van der Waals surface area contributed by atoms with Gasteiger partial charge in [0.15, 0.2) is 5.60 Å². The number of rotatable bonds is 4. The zero-order valence-electron chi connectivity index (χ0n) is 12.9. The highest BCUT2D eigenvalue weighted by Crippen LogP contribution is 2.40. The monoisotopic (exact) mass is 370 g/mol. The molecular weight excluding hydrogens is 355 g/mol. The Labute approximate surface area is 151 Å². The van der Waals surface area contributed by atoms with Crippen molar-refractivity contribution in [1.82, 2.24) is 0 Å². The average molecular weight is 372 g/mol. The van der Waals surface area contributed by atoms with E-state index in [2.05, 4.69) is 0 Å². The minimum Gasteiger partial charge on any atom is -0.451 e. The van der Waals surface area contributed by atoms with Crippen LogP contribution < -0.4 is 0 Å². The van der Waals surface area contributed by atoms with E-state index in [1.807, 2.05) is 42.5 Å². The summed E-state index contributed by atoms with van der Waals surface area (Å²) < 4.78 is 3.72. The quantitative estimate of drug-likeness (QED) is 0.518. The topological polar surface area (TPSA) is 26.3 Å². The van der Waals surface area contributed by atoms with Crippen molar-refractivity contribution in [3.8, 4) is 0 Å². The largest absolute Gasteiger partial charge is 0.451 e. The summed E-state index contributed by atoms with van der Waals surface area (Å²) in [7, 11) is 0. The minimum absolute atomic E-state index is 0.471. The molecule has 2 nitrogen and oxygen atoms in total. The fourth-order valence-corrected chi connectivity index (χ4v) is 2.15. The van der Waals surface area contributed by atoms with E-state index in [1.54, 1.807) is 26.0 Å². The van der Waals surface area contributed by atoms with Gasteiger partial charge in [0.2, 0.25) is 3.79 Å². The van der Waals surface area contributed by atoms with Crippen LogP contribution in [0.3, 0.4) is 0 Å². The van der Waals surface area contributed by atoms with Crippen molar-refractivity contribution in [2.75, 3.05) is 0 Å². The highest BCUT2D eigenvalue weighted by molar-refractivity contribution is 6.68. The first-order valence-corrected chi connectivity index (χ1v) is 8.26. The molecule has 122 valence electrons. The highest BCUT2D eigenvalue weighted by atomic mass is 35.6. The summed E-state index contributed by atoms with van der Waals surface area (Å²) in [5, 5.41) is 0. The van der Waals surface area contributed by atoms with Crippen molar-refractivity contribution in [2.24, 2.45) is 0 Å². The Bertz CT molecular complexity index is 676. The second-order valence-electron chi connectivity index (χ2n) is 5.72. The molecule has 0 radical (unpaired) electrons. The molecule has 0 N–H and O–H groups in total. The van der Waals surface area contributed by atoms with Crippen LogP contribution in [0.1, 0.15) is 35.3 Å². The van der Waals surface area contributed by atoms with Crippen LogP contribution in [0.15, 0.2) is 54.6 Å². The van der Waals surface area contributed by atoms with Crippen LogP contribution in [0, 0.1) is 0 Å². The van der Waals surface area contributed by atoms with E-state index in [9.17, 15) is 4.79 Å². The lowest BCUT2D eigenvalue weighted by molar-refractivity contribution is 0.000589. The Kier molecular flexibility index (Phi) is 5.61. The fraction of sp³-hybridized carbons (Fsp3) is 0.278. The second kappa shape index (κ2) is 7.12. The molecule has 0 unspecified atom stereocenters. The predicted octanol–water partition coefficient (Wildman–Crippen LogP) is 5.58. The Morgan fingerprint density at radius 3 is 2.13 bits per heavy atom. The summed E-state index contributed by atoms with van der Waals surface area (Å²) in [6.45, 7) is 3.13. The summed E-state index contributed by atoms with van der Waals surface area (Å²) in [5.74, 6) is -0.507. The molecule has 5 heteroatoms. The normalized spacial score (nSPS) is 12.0. The number of benzene rings is 2. The van der Waals surface area contributed by atoms with Crippen molar-refractivity contribution in [3.05, 3.63) is 71.3 Å². The summed E-state index contributed by atoms with van der Waals surface area (Å²) in [6, 6.07) is 17.2. The van der Waals surface area contributed by atoms with Crippen LogP contribution in [0.4, 0.5) is 0 Å². The second-order valence-corrected chi connectivity index (χ2v) is 8.00. The molecule has 0 amide bonds. The van der Waals surface area contributed by atoms with E-state index < -0.39 is 15.4 Å². The van der Waals surface area contributed by atoms with E-state index >= 15 is 0 Å². The van der Waals surface area contributed by atoms with Crippen LogP contribution in [0.2, 0.25) is 0 Å². The van der Waals surface area contributed by atoms with Crippen molar-refractivity contribution >= 4 is 40.8 Å². The number of carbonyl (C=O) groups is 1. The zero-order valence-corrected chi connectivity index (χ0v) is 15.1. The first-order valence-electron chi connectivity index (χ1n) is 7.12. The van der Waals surface area contributed by atoms with Crippen LogP contribution in [-0.2, 0) is 11.2 Å². The molecule has 23 heavy (non-hydrogen) atoms. The molecule has 2 rings (SSSR count). The maximum atomic E-state index is 12.5. The van der Waals surface area contributed by atoms with Crippen LogP contribution in [0.5, 0.6) is 0 Å². The third kappa shape index (κ3) is 4.63. The maximum absolute atomic E-state index is 12.5. The Morgan fingerprint density at radius 1 is 0.957 bits per heavy atom. The highest BCUT2D eigenvalue weighted by Gasteiger charge is 2.44. The molecule has 0 aliphatic heterocycles. The molecular formula is C18H17Cl3O2. The van der Waals surface area contributed by atoms with Gasteiger partial charge in [-0.05, 0) is 37.5 Å². The Balaban J connectivity index is 2.25. The molecule has 2 aromatic rings. The third-order valence-corrected chi connectivity index (χ3v) is 4.87. The molecule has 0 atom stereocenters. The standard InChI is InChI=1S/C18H17Cl3O2/c1-17(2,18(19,20)21)23-16(22)15-11-7-6-10-14(15)12-13-8-4-3-5-9-13/h3-11H,12H2,1-2H3. The number of halogens is 3. The third-order valence-electron chi connectivity index (χ3n) is 3.51. The number of hydrogen-bond acceptors (Lipinski definition) is 2. The number of alkyl halides is 3. The maximum Gasteiger partial charge on any atom is 0.339 e. The van der Waals surface area contributed by atoms with Crippen molar-refractivity contribution in [1.29, 1.82) is 0 Å². The molecule has 0 saturated carbocycles. The SMILES string of the molecule is CC(C)(OC(=O)c1ccccc1Cc1ccccc1)C(Cl)(Cl)Cl. The van der Waals surface area contributed by atoms with Crippen LogP contribution in [0.25, 0.3) is 0 Å². The molecule has 0 bridgehead atoms. The molecule has 0 spiro atoms. The lowest BCUT2D eigenvalue weighted by atomic mass is 9.99. The van der Waals surface area contributed by atoms with Crippen LogP contribution in [-0.4, -0.2) is 15.4 Å². The molecule has 0 aliphatic rings. The van der Waals surface area contributed by atoms with E-state index in [1.165, 1.54) is 0 Å². The average Bonchev–Trinajstić information content (AvgIpc) is 2.47. The van der Waals surface area contributed by atoms with Gasteiger partial charge >= 0.3 is 5.97 Å². The molecule has 0 saturated heterocycles. The number of ether oxygens (including phenoxy) is 1. The Hall–Kier alpha value is -1.22. The first-order chi connectivity index (χ1) is 10.7. The van der Waals surface area contributed by atoms with Gasteiger partial charge in [-0.2, -0.15) is 0 Å². The van der Waals surface area contributed by atoms with Gasteiger partial charge in [0.25, 0.3) is 0 Å². The molecule has 0 heterocycles. The van der Waals surface area contributed by atoms with Gasteiger partial charge < -0.3 is 4.74 Å². The van der Waals surface area contributed by atoms with Gasteiger partial charge in [-0.3, -0.25) is 0 Å².